The first kappa shape index (κ1) is 50.6. The van der Waals surface area contributed by atoms with Gasteiger partial charge in [0.25, 0.3) is 0 Å². The highest BCUT2D eigenvalue weighted by molar-refractivity contribution is 6.06. The van der Waals surface area contributed by atoms with Crippen LogP contribution in [0, 0.1) is 0 Å². The Morgan fingerprint density at radius 1 is 0.389 bits per heavy atom. The van der Waals surface area contributed by atoms with Gasteiger partial charge in [-0.15, -0.1) is 0 Å². The van der Waals surface area contributed by atoms with E-state index in [1.54, 1.807) is 36.4 Å². The largest absolute Gasteiger partial charge is 0.458 e. The van der Waals surface area contributed by atoms with Crippen LogP contribution in [0.3, 0.4) is 0 Å². The van der Waals surface area contributed by atoms with E-state index in [1.165, 1.54) is 13.8 Å². The molecule has 8 aromatic rings. The summed E-state index contributed by atoms with van der Waals surface area (Å²) in [6.07, 6.45) is -3.58. The van der Waals surface area contributed by atoms with E-state index in [0.29, 0.717) is 22.5 Å². The normalized spacial score (nSPS) is 11.5. The third kappa shape index (κ3) is 13.5. The van der Waals surface area contributed by atoms with Crippen LogP contribution in [0.1, 0.15) is 34.6 Å². The quantitative estimate of drug-likeness (QED) is 0.0532. The van der Waals surface area contributed by atoms with Crippen LogP contribution in [0.5, 0.6) is 0 Å². The number of esters is 4. The summed E-state index contributed by atoms with van der Waals surface area (Å²) in [5, 5.41) is 12.3. The summed E-state index contributed by atoms with van der Waals surface area (Å²) in [6.45, 7) is 8.86. The van der Waals surface area contributed by atoms with E-state index in [-0.39, 0.29) is 37.6 Å². The van der Waals surface area contributed by atoms with Gasteiger partial charge in [-0.05, 0) is 70.4 Å². The Balaban J connectivity index is 0.000000211. The lowest BCUT2D eigenvalue weighted by Crippen LogP contribution is -2.32. The molecule has 0 radical (unpaired) electrons. The first-order valence-corrected chi connectivity index (χ1v) is 22.7. The zero-order chi connectivity index (χ0) is 51.0. The van der Waals surface area contributed by atoms with E-state index >= 15 is 0 Å². The van der Waals surface area contributed by atoms with Gasteiger partial charge in [0.1, 0.15) is 26.4 Å². The summed E-state index contributed by atoms with van der Waals surface area (Å²) >= 11 is 0. The zero-order valence-electron chi connectivity index (χ0n) is 39.5. The van der Waals surface area contributed by atoms with Crippen molar-refractivity contribution in [1.29, 1.82) is 0 Å². The molecular formula is C58H50N2O12. The van der Waals surface area contributed by atoms with E-state index in [2.05, 4.69) is 23.8 Å². The maximum atomic E-state index is 13.0. The molecule has 0 heterocycles. The molecule has 72 heavy (non-hydrogen) atoms. The van der Waals surface area contributed by atoms with Crippen LogP contribution in [0.25, 0.3) is 43.1 Å². The fourth-order valence-electron chi connectivity index (χ4n) is 7.36. The van der Waals surface area contributed by atoms with Crippen LogP contribution in [-0.2, 0) is 38.0 Å². The van der Waals surface area contributed by atoms with Crippen LogP contribution < -0.4 is 10.6 Å². The van der Waals surface area contributed by atoms with Gasteiger partial charge < -0.3 is 28.4 Å². The van der Waals surface area contributed by atoms with Crippen LogP contribution in [-0.4, -0.2) is 74.7 Å². The van der Waals surface area contributed by atoms with Gasteiger partial charge >= 0.3 is 36.1 Å². The molecule has 364 valence electrons. The topological polar surface area (TPSA) is 182 Å². The number of carbonyl (C=O) groups is 6. The van der Waals surface area contributed by atoms with Crippen molar-refractivity contribution in [2.75, 3.05) is 37.1 Å². The number of carbonyl (C=O) groups excluding carboxylic acids is 6. The molecule has 0 saturated carbocycles. The molecule has 0 aromatic heterocycles. The number of anilines is 2. The second-order valence-electron chi connectivity index (χ2n) is 16.4. The van der Waals surface area contributed by atoms with Crippen molar-refractivity contribution in [2.45, 2.75) is 26.1 Å². The van der Waals surface area contributed by atoms with Crippen LogP contribution in [0.15, 0.2) is 194 Å². The molecule has 0 aliphatic carbocycles. The molecule has 2 atom stereocenters. The van der Waals surface area contributed by atoms with Crippen LogP contribution >= 0.6 is 0 Å². The van der Waals surface area contributed by atoms with E-state index < -0.39 is 48.3 Å². The summed E-state index contributed by atoms with van der Waals surface area (Å²) in [5.74, 6) is -2.48. The molecule has 2 N–H and O–H groups in total. The van der Waals surface area contributed by atoms with Gasteiger partial charge in [0.2, 0.25) is 0 Å². The Morgan fingerprint density at radius 3 is 1.21 bits per heavy atom. The van der Waals surface area contributed by atoms with Crippen molar-refractivity contribution in [3.05, 3.63) is 205 Å². The number of hydrogen-bond donors (Lipinski definition) is 2. The molecular weight excluding hydrogens is 917 g/mol. The molecule has 0 saturated heterocycles. The predicted molar refractivity (Wildman–Crippen MR) is 276 cm³/mol. The fraction of sp³-hybridized carbons (Fsp3) is 0.138. The van der Waals surface area contributed by atoms with Crippen molar-refractivity contribution in [3.63, 3.8) is 0 Å². The second-order valence-corrected chi connectivity index (χ2v) is 16.4. The SMILES string of the molecule is C=C(C)C(=O)OCC(COC(=O)Nc1cccc2ccccc12)OC(=O)c1cccc2ccccc12.C=C(C)C(=O)OCC(COC(=O)c1cccc2ccccc12)OC(=O)Nc1cccc2ccccc12. The summed E-state index contributed by atoms with van der Waals surface area (Å²) in [7, 11) is 0. The molecule has 0 spiro atoms. The molecule has 0 aliphatic rings. The number of hydrogen-bond acceptors (Lipinski definition) is 12. The number of ether oxygens (including phenoxy) is 6. The maximum absolute atomic E-state index is 13.0. The number of amides is 2. The first-order valence-electron chi connectivity index (χ1n) is 22.7. The summed E-state index contributed by atoms with van der Waals surface area (Å²) in [4.78, 5) is 74.9. The second kappa shape index (κ2) is 24.3. The number of fused-ring (bicyclic) bond motifs is 4. The molecule has 8 rings (SSSR count). The Morgan fingerprint density at radius 2 is 0.736 bits per heavy atom. The monoisotopic (exact) mass is 966 g/mol. The van der Waals surface area contributed by atoms with Crippen LogP contribution in [0.2, 0.25) is 0 Å². The van der Waals surface area contributed by atoms with Gasteiger partial charge in [-0.2, -0.15) is 0 Å². The average Bonchev–Trinajstić information content (AvgIpc) is 3.39. The molecule has 2 unspecified atom stereocenters. The minimum absolute atomic E-state index is 0.196. The Labute approximate surface area is 414 Å². The van der Waals surface area contributed by atoms with Crippen LogP contribution in [0.4, 0.5) is 21.0 Å². The van der Waals surface area contributed by atoms with E-state index in [4.69, 9.17) is 28.4 Å². The van der Waals surface area contributed by atoms with Gasteiger partial charge in [-0.3, -0.25) is 10.6 Å². The Kier molecular flexibility index (Phi) is 17.1. The lowest BCUT2D eigenvalue weighted by molar-refractivity contribution is -0.143. The van der Waals surface area contributed by atoms with E-state index in [1.807, 2.05) is 133 Å². The third-order valence-corrected chi connectivity index (χ3v) is 10.9. The zero-order valence-corrected chi connectivity index (χ0v) is 39.5. The lowest BCUT2D eigenvalue weighted by Gasteiger charge is -2.19. The molecule has 8 aromatic carbocycles. The number of rotatable bonds is 16. The van der Waals surface area contributed by atoms with Crippen molar-refractivity contribution in [2.24, 2.45) is 0 Å². The minimum Gasteiger partial charge on any atom is -0.458 e. The van der Waals surface area contributed by atoms with Crippen molar-refractivity contribution in [1.82, 2.24) is 0 Å². The lowest BCUT2D eigenvalue weighted by atomic mass is 10.0. The average molecular weight is 967 g/mol. The maximum Gasteiger partial charge on any atom is 0.412 e. The van der Waals surface area contributed by atoms with Crippen molar-refractivity contribution < 1.29 is 57.2 Å². The van der Waals surface area contributed by atoms with Crippen molar-refractivity contribution in [3.8, 4) is 0 Å². The fourth-order valence-corrected chi connectivity index (χ4v) is 7.36. The Hall–Kier alpha value is -9.30. The predicted octanol–water partition coefficient (Wildman–Crippen LogP) is 11.8. The van der Waals surface area contributed by atoms with E-state index in [9.17, 15) is 28.8 Å². The van der Waals surface area contributed by atoms with Gasteiger partial charge in [0.05, 0.1) is 22.5 Å². The number of benzene rings is 8. The van der Waals surface area contributed by atoms with Crippen molar-refractivity contribution >= 4 is 90.5 Å². The highest BCUT2D eigenvalue weighted by atomic mass is 16.6. The third-order valence-electron chi connectivity index (χ3n) is 10.9. The summed E-state index contributed by atoms with van der Waals surface area (Å²) < 4.78 is 32.2. The summed E-state index contributed by atoms with van der Waals surface area (Å²) in [5.41, 5.74) is 2.26. The highest BCUT2D eigenvalue weighted by Gasteiger charge is 2.24. The standard InChI is InChI=1S/2C29H25NO6/c1-19(2)27(31)34-17-22(36-28(32)25-15-7-11-20-9-3-5-13-23(20)25)18-35-29(33)30-26-16-8-12-21-10-4-6-14-24(21)26;1-19(2)27(31)34-17-22(18-35-28(32)25-15-7-11-20-9-3-5-13-23(20)25)36-29(33)30-26-16-8-12-21-10-4-6-14-24(21)26/h2*3-16,22H,1,17-18H2,2H3,(H,30,33). The molecule has 0 aliphatic heterocycles. The Bertz CT molecular complexity index is 3310. The number of nitrogens with one attached hydrogen (secondary N) is 2. The van der Waals surface area contributed by atoms with Gasteiger partial charge in [0, 0.05) is 21.9 Å². The molecule has 14 heteroatoms. The van der Waals surface area contributed by atoms with Gasteiger partial charge in [-0.1, -0.05) is 159 Å². The smallest absolute Gasteiger partial charge is 0.412 e. The van der Waals surface area contributed by atoms with E-state index in [0.717, 1.165) is 43.1 Å². The first-order chi connectivity index (χ1) is 34.8. The molecule has 2 amide bonds. The van der Waals surface area contributed by atoms with Gasteiger partial charge in [-0.25, -0.2) is 28.8 Å². The molecule has 14 nitrogen and oxygen atoms in total. The highest BCUT2D eigenvalue weighted by Crippen LogP contribution is 2.26. The molecule has 0 fully saturated rings. The summed E-state index contributed by atoms with van der Waals surface area (Å²) in [6, 6.07) is 51.6. The molecule has 0 bridgehead atoms. The minimum atomic E-state index is -1.04. The van der Waals surface area contributed by atoms with Gasteiger partial charge in [0.15, 0.2) is 12.2 Å².